The predicted molar refractivity (Wildman–Crippen MR) is 158 cm³/mol. The third kappa shape index (κ3) is 7.92. The molecule has 5 rings (SSSR count). The highest BCUT2D eigenvalue weighted by Gasteiger charge is 2.25. The Bertz CT molecular complexity index is 1330. The number of unbranched alkanes of at least 4 members (excludes halogenated alkanes) is 1. The molecule has 0 unspecified atom stereocenters. The number of ether oxygens (including phenoxy) is 3. The Hall–Kier alpha value is -3.82. The van der Waals surface area contributed by atoms with E-state index in [1.807, 2.05) is 61.5 Å². The van der Waals surface area contributed by atoms with Crippen LogP contribution in [0, 0.1) is 6.92 Å². The van der Waals surface area contributed by atoms with E-state index < -0.39 is 0 Å². The van der Waals surface area contributed by atoms with Gasteiger partial charge in [0.25, 0.3) is 5.91 Å². The zero-order valence-corrected chi connectivity index (χ0v) is 24.7. The smallest absolute Gasteiger partial charge is 0.254 e. The van der Waals surface area contributed by atoms with E-state index in [0.717, 1.165) is 43.7 Å². The molecule has 2 aliphatic heterocycles. The summed E-state index contributed by atoms with van der Waals surface area (Å²) < 4.78 is 22.3. The van der Waals surface area contributed by atoms with Crippen LogP contribution < -0.4 is 9.47 Å². The molecular weight excluding hydrogens is 534 g/mol. The molecule has 1 fully saturated rings. The number of carbonyl (C=O) groups is 2. The molecule has 1 saturated heterocycles. The minimum atomic E-state index is -0.156. The molecule has 0 atom stereocenters. The van der Waals surface area contributed by atoms with E-state index in [2.05, 4.69) is 11.8 Å². The van der Waals surface area contributed by atoms with E-state index in [-0.39, 0.29) is 25.2 Å². The fourth-order valence-corrected chi connectivity index (χ4v) is 5.23. The van der Waals surface area contributed by atoms with Crippen LogP contribution in [0.4, 0.5) is 0 Å². The minimum absolute atomic E-state index is 0.0367. The topological polar surface area (TPSA) is 84.7 Å². The molecule has 3 heterocycles. The van der Waals surface area contributed by atoms with Crippen molar-refractivity contribution in [2.24, 2.45) is 0 Å². The Morgan fingerprint density at radius 1 is 0.881 bits per heavy atom. The van der Waals surface area contributed by atoms with Gasteiger partial charge in [-0.15, -0.1) is 0 Å². The summed E-state index contributed by atoms with van der Waals surface area (Å²) in [6, 6.07) is 17.3. The number of aryl methyl sites for hydroxylation is 2. The van der Waals surface area contributed by atoms with Crippen molar-refractivity contribution >= 4 is 11.8 Å². The monoisotopic (exact) mass is 575 g/mol. The van der Waals surface area contributed by atoms with Gasteiger partial charge in [0.15, 0.2) is 11.5 Å². The lowest BCUT2D eigenvalue weighted by molar-refractivity contribution is -0.133. The van der Waals surface area contributed by atoms with Gasteiger partial charge in [0.1, 0.15) is 18.1 Å². The van der Waals surface area contributed by atoms with Gasteiger partial charge in [-0.2, -0.15) is 0 Å². The molecule has 9 nitrogen and oxygen atoms in total. The summed E-state index contributed by atoms with van der Waals surface area (Å²) in [5.74, 6) is 2.53. The van der Waals surface area contributed by atoms with Crippen molar-refractivity contribution in [2.45, 2.75) is 46.2 Å². The van der Waals surface area contributed by atoms with E-state index >= 15 is 0 Å². The van der Waals surface area contributed by atoms with Crippen LogP contribution in [0.1, 0.15) is 52.8 Å². The first-order valence-corrected chi connectivity index (χ1v) is 14.9. The first-order chi connectivity index (χ1) is 20.5. The van der Waals surface area contributed by atoms with Gasteiger partial charge >= 0.3 is 0 Å². The molecule has 0 radical (unpaired) electrons. The van der Waals surface area contributed by atoms with Crippen molar-refractivity contribution in [2.75, 3.05) is 52.7 Å². The highest BCUT2D eigenvalue weighted by molar-refractivity contribution is 5.96. The van der Waals surface area contributed by atoms with Crippen LogP contribution in [0.25, 0.3) is 0 Å². The number of hydrogen-bond acceptors (Lipinski definition) is 7. The zero-order valence-electron chi connectivity index (χ0n) is 24.7. The van der Waals surface area contributed by atoms with Crippen LogP contribution in [0.2, 0.25) is 0 Å². The Morgan fingerprint density at radius 3 is 2.38 bits per heavy atom. The van der Waals surface area contributed by atoms with E-state index in [0.29, 0.717) is 62.2 Å². The van der Waals surface area contributed by atoms with Gasteiger partial charge in [0.05, 0.1) is 19.8 Å². The Morgan fingerprint density at radius 2 is 1.64 bits per heavy atom. The minimum Gasteiger partial charge on any atom is -0.464 e. The number of rotatable bonds is 13. The summed E-state index contributed by atoms with van der Waals surface area (Å²) >= 11 is 0. The molecular formula is C33H41N3O6. The van der Waals surface area contributed by atoms with Crippen LogP contribution in [0.3, 0.4) is 0 Å². The second kappa shape index (κ2) is 14.4. The van der Waals surface area contributed by atoms with Crippen LogP contribution in [0.15, 0.2) is 59.0 Å². The summed E-state index contributed by atoms with van der Waals surface area (Å²) in [5.41, 5.74) is 2.71. The van der Waals surface area contributed by atoms with Gasteiger partial charge in [-0.25, -0.2) is 0 Å². The maximum atomic E-state index is 14.0. The second-order valence-corrected chi connectivity index (χ2v) is 10.9. The normalized spacial score (nSPS) is 14.6. The van der Waals surface area contributed by atoms with E-state index in [1.54, 1.807) is 9.80 Å². The molecule has 1 aromatic heterocycles. The molecule has 2 amide bonds. The number of carbonyl (C=O) groups excluding carboxylic acids is 2. The Labute approximate surface area is 247 Å². The van der Waals surface area contributed by atoms with Crippen LogP contribution in [-0.4, -0.2) is 79.2 Å². The molecule has 0 bridgehead atoms. The zero-order chi connectivity index (χ0) is 29.3. The average Bonchev–Trinajstić information content (AvgIpc) is 3.66. The van der Waals surface area contributed by atoms with Crippen molar-refractivity contribution in [3.8, 4) is 11.5 Å². The number of benzene rings is 2. The quantitative estimate of drug-likeness (QED) is 0.293. The SMILES string of the molecule is CCCCc1ccc(C(=O)N(CCN2CCOCC2)CC(=O)N(Cc2ccc3c(c2)OCO3)Cc2ccc(C)o2)cc1. The van der Waals surface area contributed by atoms with Gasteiger partial charge in [-0.05, 0) is 67.3 Å². The Kier molecular flexibility index (Phi) is 10.2. The van der Waals surface area contributed by atoms with Crippen molar-refractivity contribution in [3.05, 3.63) is 82.8 Å². The maximum absolute atomic E-state index is 14.0. The first kappa shape index (κ1) is 29.7. The molecule has 9 heteroatoms. The highest BCUT2D eigenvalue weighted by atomic mass is 16.7. The van der Waals surface area contributed by atoms with Gasteiger partial charge in [-0.3, -0.25) is 14.5 Å². The standard InChI is InChI=1S/C33H41N3O6/c1-3-4-5-26-7-10-28(11-8-26)33(38)35(15-14-34-16-18-39-19-17-34)23-32(37)36(22-29-12-6-25(2)42-29)21-27-9-13-30-31(20-27)41-24-40-30/h6-13,20H,3-5,14-19,21-24H2,1-2H3. The van der Waals surface area contributed by atoms with Gasteiger partial charge in [-0.1, -0.05) is 31.5 Å². The summed E-state index contributed by atoms with van der Waals surface area (Å²) in [7, 11) is 0. The third-order valence-electron chi connectivity index (χ3n) is 7.73. The number of amides is 2. The summed E-state index contributed by atoms with van der Waals surface area (Å²) in [5, 5.41) is 0. The lowest BCUT2D eigenvalue weighted by atomic mass is 10.1. The molecule has 0 N–H and O–H groups in total. The lowest BCUT2D eigenvalue weighted by Crippen LogP contribution is -2.47. The molecule has 0 saturated carbocycles. The van der Waals surface area contributed by atoms with Gasteiger partial charge in [0.2, 0.25) is 12.7 Å². The molecule has 224 valence electrons. The van der Waals surface area contributed by atoms with Crippen LogP contribution in [-0.2, 0) is 29.0 Å². The summed E-state index contributed by atoms with van der Waals surface area (Å²) in [6.07, 6.45) is 3.23. The van der Waals surface area contributed by atoms with Crippen LogP contribution in [0.5, 0.6) is 11.5 Å². The number of furan rings is 1. The van der Waals surface area contributed by atoms with E-state index in [9.17, 15) is 9.59 Å². The van der Waals surface area contributed by atoms with Crippen LogP contribution >= 0.6 is 0 Å². The molecule has 2 aliphatic rings. The largest absolute Gasteiger partial charge is 0.464 e. The maximum Gasteiger partial charge on any atom is 0.254 e. The number of fused-ring (bicyclic) bond motifs is 1. The second-order valence-electron chi connectivity index (χ2n) is 10.9. The Balaban J connectivity index is 1.34. The van der Waals surface area contributed by atoms with Gasteiger partial charge < -0.3 is 28.4 Å². The predicted octanol–water partition coefficient (Wildman–Crippen LogP) is 4.66. The van der Waals surface area contributed by atoms with Crippen molar-refractivity contribution in [1.82, 2.24) is 14.7 Å². The third-order valence-corrected chi connectivity index (χ3v) is 7.73. The molecule has 3 aromatic rings. The summed E-state index contributed by atoms with van der Waals surface area (Å²) in [4.78, 5) is 33.5. The molecule has 0 spiro atoms. The average molecular weight is 576 g/mol. The van der Waals surface area contributed by atoms with Crippen molar-refractivity contribution < 1.29 is 28.2 Å². The molecule has 42 heavy (non-hydrogen) atoms. The molecule has 0 aliphatic carbocycles. The number of nitrogens with zero attached hydrogens (tertiary/aromatic N) is 3. The number of hydrogen-bond donors (Lipinski definition) is 0. The summed E-state index contributed by atoms with van der Waals surface area (Å²) in [6.45, 7) is 8.94. The first-order valence-electron chi connectivity index (χ1n) is 14.9. The fourth-order valence-electron chi connectivity index (χ4n) is 5.23. The molecule has 2 aromatic carbocycles. The van der Waals surface area contributed by atoms with Crippen molar-refractivity contribution in [3.63, 3.8) is 0 Å². The van der Waals surface area contributed by atoms with E-state index in [1.165, 1.54) is 5.56 Å². The highest BCUT2D eigenvalue weighted by Crippen LogP contribution is 2.33. The van der Waals surface area contributed by atoms with Crippen molar-refractivity contribution in [1.29, 1.82) is 0 Å². The van der Waals surface area contributed by atoms with E-state index in [4.69, 9.17) is 18.6 Å². The number of morpholine rings is 1. The fraction of sp³-hybridized carbons (Fsp3) is 0.455. The van der Waals surface area contributed by atoms with Gasteiger partial charge in [0, 0.05) is 38.3 Å². The lowest BCUT2D eigenvalue weighted by Gasteiger charge is -2.31.